The summed E-state index contributed by atoms with van der Waals surface area (Å²) in [5.74, 6) is 0. The van der Waals surface area contributed by atoms with Crippen molar-refractivity contribution in [2.45, 2.75) is 0 Å². The lowest BCUT2D eigenvalue weighted by Gasteiger charge is -2.07. The Hall–Kier alpha value is 0.150. The summed E-state index contributed by atoms with van der Waals surface area (Å²) in [7, 11) is 0. The molecule has 2 rings (SSSR count). The van der Waals surface area contributed by atoms with Crippen LogP contribution in [0.1, 0.15) is 0 Å². The second-order valence-corrected chi connectivity index (χ2v) is 5.00. The van der Waals surface area contributed by atoms with Crippen molar-refractivity contribution in [1.29, 1.82) is 0 Å². The van der Waals surface area contributed by atoms with Crippen molar-refractivity contribution in [2.24, 2.45) is 0 Å². The van der Waals surface area contributed by atoms with Crippen LogP contribution in [0.3, 0.4) is 0 Å². The summed E-state index contributed by atoms with van der Waals surface area (Å²) in [6.45, 7) is 0. The average Bonchev–Trinajstić information content (AvgIpc) is 2.12. The quantitative estimate of drug-likeness (QED) is 0.515. The Morgan fingerprint density at radius 3 is 1.93 bits per heavy atom. The number of fused-ring (bicyclic) bond motifs is 1. The van der Waals surface area contributed by atoms with Crippen LogP contribution < -0.4 is 0 Å². The van der Waals surface area contributed by atoms with Gasteiger partial charge in [-0.3, -0.25) is 0 Å². The van der Waals surface area contributed by atoms with E-state index in [9.17, 15) is 0 Å². The molecule has 0 atom stereocenters. The fraction of sp³-hybridized carbons (Fsp3) is 0. The van der Waals surface area contributed by atoms with Crippen molar-refractivity contribution in [3.63, 3.8) is 0 Å². The predicted octanol–water partition coefficient (Wildman–Crippen LogP) is 6.11. The van der Waals surface area contributed by atoms with Gasteiger partial charge < -0.3 is 0 Å². The Bertz CT molecular complexity index is 539. The largest absolute Gasteiger partial charge is 0.0843 e. The summed E-state index contributed by atoms with van der Waals surface area (Å²) >= 11 is 29.8. The maximum Gasteiger partial charge on any atom is 0.0672 e. The van der Waals surface area contributed by atoms with Crippen LogP contribution in [0, 0.1) is 0 Å². The zero-order valence-electron chi connectivity index (χ0n) is 7.12. The molecular weight excluding hydrogens is 297 g/mol. The van der Waals surface area contributed by atoms with Gasteiger partial charge in [0.05, 0.1) is 20.1 Å². The molecule has 5 heteroatoms. The Labute approximate surface area is 112 Å². The van der Waals surface area contributed by atoms with Crippen molar-refractivity contribution < 1.29 is 0 Å². The summed E-state index contributed by atoms with van der Waals surface area (Å²) in [5, 5.41) is 3.52. The van der Waals surface area contributed by atoms with E-state index in [4.69, 9.17) is 58.0 Å². The standard InChI is InChI=1S/C10H3Cl5/c11-4-1-5-9(6(12)2-4)7(13)3-8(14)10(5)15/h1-3H. The minimum Gasteiger partial charge on any atom is -0.0843 e. The van der Waals surface area contributed by atoms with Crippen LogP contribution in [0.4, 0.5) is 0 Å². The smallest absolute Gasteiger partial charge is 0.0672 e. The van der Waals surface area contributed by atoms with Gasteiger partial charge in [-0.2, -0.15) is 0 Å². The molecule has 2 aromatic rings. The molecule has 0 aliphatic carbocycles. The lowest BCUT2D eigenvalue weighted by atomic mass is 10.1. The third kappa shape index (κ3) is 2.02. The highest BCUT2D eigenvalue weighted by atomic mass is 35.5. The summed E-state index contributed by atoms with van der Waals surface area (Å²) < 4.78 is 0. The molecule has 0 fully saturated rings. The van der Waals surface area contributed by atoms with Gasteiger partial charge in [0, 0.05) is 15.8 Å². The first-order chi connectivity index (χ1) is 7.00. The molecule has 0 aliphatic rings. The Kier molecular flexibility index (Phi) is 3.25. The maximum absolute atomic E-state index is 6.03. The fourth-order valence-corrected chi connectivity index (χ4v) is 2.79. The van der Waals surface area contributed by atoms with Crippen molar-refractivity contribution >= 4 is 68.8 Å². The molecule has 0 spiro atoms. The van der Waals surface area contributed by atoms with E-state index in [1.165, 1.54) is 0 Å². The topological polar surface area (TPSA) is 0 Å². The predicted molar refractivity (Wildman–Crippen MR) is 69.0 cm³/mol. The third-order valence-corrected chi connectivity index (χ3v) is 3.61. The number of hydrogen-bond donors (Lipinski definition) is 0. The van der Waals surface area contributed by atoms with Gasteiger partial charge in [-0.05, 0) is 18.2 Å². The molecule has 0 unspecified atom stereocenters. The molecule has 0 nitrogen and oxygen atoms in total. The lowest BCUT2D eigenvalue weighted by Crippen LogP contribution is -1.80. The molecular formula is C10H3Cl5. The summed E-state index contributed by atoms with van der Waals surface area (Å²) in [4.78, 5) is 0. The van der Waals surface area contributed by atoms with Crippen molar-refractivity contribution in [3.05, 3.63) is 43.3 Å². The van der Waals surface area contributed by atoms with Crippen molar-refractivity contribution in [2.75, 3.05) is 0 Å². The second-order valence-electron chi connectivity index (χ2n) is 2.96. The zero-order valence-corrected chi connectivity index (χ0v) is 10.9. The van der Waals surface area contributed by atoms with Crippen LogP contribution in [0.25, 0.3) is 10.8 Å². The van der Waals surface area contributed by atoms with Crippen molar-refractivity contribution in [3.8, 4) is 0 Å². The summed E-state index contributed by atoms with van der Waals surface area (Å²) in [6, 6.07) is 4.86. The SMILES string of the molecule is Clc1cc(Cl)c2c(Cl)cc(Cl)c(Cl)c2c1. The van der Waals surface area contributed by atoms with Crippen LogP contribution in [-0.4, -0.2) is 0 Å². The third-order valence-electron chi connectivity index (χ3n) is 1.99. The minimum absolute atomic E-state index is 0.382. The van der Waals surface area contributed by atoms with Gasteiger partial charge >= 0.3 is 0 Å². The number of halogens is 5. The van der Waals surface area contributed by atoms with Gasteiger partial charge in [-0.1, -0.05) is 58.0 Å². The van der Waals surface area contributed by atoms with Crippen LogP contribution in [-0.2, 0) is 0 Å². The van der Waals surface area contributed by atoms with Crippen LogP contribution in [0.15, 0.2) is 18.2 Å². The minimum atomic E-state index is 0.382. The highest BCUT2D eigenvalue weighted by Gasteiger charge is 2.12. The molecule has 0 saturated carbocycles. The zero-order chi connectivity index (χ0) is 11.2. The lowest BCUT2D eigenvalue weighted by molar-refractivity contribution is 1.74. The van der Waals surface area contributed by atoms with E-state index < -0.39 is 0 Å². The first-order valence-electron chi connectivity index (χ1n) is 3.93. The summed E-state index contributed by atoms with van der Waals surface area (Å²) in [6.07, 6.45) is 0. The van der Waals surface area contributed by atoms with Gasteiger partial charge in [0.25, 0.3) is 0 Å². The molecule has 0 aliphatic heterocycles. The van der Waals surface area contributed by atoms with Gasteiger partial charge in [0.15, 0.2) is 0 Å². The molecule has 0 amide bonds. The Morgan fingerprint density at radius 2 is 1.27 bits per heavy atom. The molecule has 0 radical (unpaired) electrons. The summed E-state index contributed by atoms with van der Waals surface area (Å²) in [5.41, 5.74) is 0. The molecule has 2 aromatic carbocycles. The number of rotatable bonds is 0. The van der Waals surface area contributed by atoms with E-state index in [1.807, 2.05) is 0 Å². The Morgan fingerprint density at radius 1 is 0.667 bits per heavy atom. The average molecular weight is 300 g/mol. The van der Waals surface area contributed by atoms with Gasteiger partial charge in [-0.25, -0.2) is 0 Å². The van der Waals surface area contributed by atoms with Crippen LogP contribution in [0.2, 0.25) is 25.1 Å². The normalized spacial score (nSPS) is 11.0. The first-order valence-corrected chi connectivity index (χ1v) is 5.82. The second kappa shape index (κ2) is 4.20. The number of hydrogen-bond acceptors (Lipinski definition) is 0. The van der Waals surface area contributed by atoms with E-state index in [-0.39, 0.29) is 0 Å². The molecule has 0 heterocycles. The first kappa shape index (κ1) is 11.6. The van der Waals surface area contributed by atoms with E-state index in [0.29, 0.717) is 35.9 Å². The maximum atomic E-state index is 6.03. The van der Waals surface area contributed by atoms with E-state index >= 15 is 0 Å². The van der Waals surface area contributed by atoms with Gasteiger partial charge in [0.2, 0.25) is 0 Å². The number of benzene rings is 2. The van der Waals surface area contributed by atoms with E-state index in [0.717, 1.165) is 0 Å². The van der Waals surface area contributed by atoms with Crippen LogP contribution in [0.5, 0.6) is 0 Å². The van der Waals surface area contributed by atoms with Crippen LogP contribution >= 0.6 is 58.0 Å². The highest BCUT2D eigenvalue weighted by Crippen LogP contribution is 2.40. The van der Waals surface area contributed by atoms with E-state index in [2.05, 4.69) is 0 Å². The molecule has 0 bridgehead atoms. The molecule has 0 saturated heterocycles. The molecule has 0 N–H and O–H groups in total. The fourth-order valence-electron chi connectivity index (χ4n) is 1.36. The van der Waals surface area contributed by atoms with Gasteiger partial charge in [0.1, 0.15) is 0 Å². The molecule has 0 aromatic heterocycles. The monoisotopic (exact) mass is 298 g/mol. The highest BCUT2D eigenvalue weighted by molar-refractivity contribution is 6.50. The van der Waals surface area contributed by atoms with E-state index in [1.54, 1.807) is 18.2 Å². The molecule has 15 heavy (non-hydrogen) atoms. The Balaban J connectivity index is 3.02. The molecule has 78 valence electrons. The van der Waals surface area contributed by atoms with Gasteiger partial charge in [-0.15, -0.1) is 0 Å². The van der Waals surface area contributed by atoms with Crippen molar-refractivity contribution in [1.82, 2.24) is 0 Å².